The minimum atomic E-state index is -0.316. The zero-order chi connectivity index (χ0) is 18.9. The maximum absolute atomic E-state index is 12.0. The van der Waals surface area contributed by atoms with Crippen LogP contribution in [0, 0.1) is 0 Å². The zero-order valence-corrected chi connectivity index (χ0v) is 15.7. The first-order valence-electron chi connectivity index (χ1n) is 8.05. The minimum absolute atomic E-state index is 0.208. The normalized spacial score (nSPS) is 10.9. The minimum Gasteiger partial charge on any atom is -0.497 e. The van der Waals surface area contributed by atoms with Crippen LogP contribution in [0.4, 0.5) is 4.79 Å². The van der Waals surface area contributed by atoms with E-state index in [4.69, 9.17) is 4.74 Å². The number of benzene rings is 2. The summed E-state index contributed by atoms with van der Waals surface area (Å²) in [5, 5.41) is -0.316. The van der Waals surface area contributed by atoms with Crippen LogP contribution in [0.25, 0.3) is 17.2 Å². The second-order valence-corrected chi connectivity index (χ2v) is 6.72. The third kappa shape index (κ3) is 5.36. The molecule has 4 nitrogen and oxygen atoms in total. The van der Waals surface area contributed by atoms with Gasteiger partial charge in [-0.05, 0) is 58.5 Å². The molecule has 26 heavy (non-hydrogen) atoms. The highest BCUT2D eigenvalue weighted by Gasteiger charge is 2.12. The first-order chi connectivity index (χ1) is 12.6. The molecule has 134 valence electrons. The van der Waals surface area contributed by atoms with Gasteiger partial charge in [0.1, 0.15) is 5.75 Å². The number of allylic oxidation sites excluding steroid dienone is 1. The molecule has 0 aromatic heterocycles. The molecular formula is C21H21NO3S. The quantitative estimate of drug-likeness (QED) is 0.497. The number of amides is 2. The summed E-state index contributed by atoms with van der Waals surface area (Å²) in [6.45, 7) is 5.59. The van der Waals surface area contributed by atoms with Crippen molar-refractivity contribution >= 4 is 29.5 Å². The van der Waals surface area contributed by atoms with Gasteiger partial charge in [0, 0.05) is 6.54 Å². The lowest BCUT2D eigenvalue weighted by molar-refractivity contribution is -0.114. The molecule has 0 fully saturated rings. The monoisotopic (exact) mass is 367 g/mol. The van der Waals surface area contributed by atoms with E-state index in [1.807, 2.05) is 61.5 Å². The Hall–Kier alpha value is -2.79. The average Bonchev–Trinajstić information content (AvgIpc) is 2.66. The number of imide groups is 1. The Morgan fingerprint density at radius 3 is 2.19 bits per heavy atom. The van der Waals surface area contributed by atoms with Gasteiger partial charge < -0.3 is 4.74 Å². The summed E-state index contributed by atoms with van der Waals surface area (Å²) in [5.41, 5.74) is 3.19. The molecule has 2 aromatic carbocycles. The molecule has 0 radical (unpaired) electrons. The molecule has 0 saturated heterocycles. The first-order valence-corrected chi connectivity index (χ1v) is 8.86. The van der Waals surface area contributed by atoms with Crippen LogP contribution >= 0.6 is 11.8 Å². The van der Waals surface area contributed by atoms with Crippen molar-refractivity contribution in [3.05, 3.63) is 71.7 Å². The second kappa shape index (κ2) is 9.63. The van der Waals surface area contributed by atoms with Crippen molar-refractivity contribution in [3.63, 3.8) is 0 Å². The van der Waals surface area contributed by atoms with Gasteiger partial charge in [-0.2, -0.15) is 0 Å². The molecule has 0 spiro atoms. The summed E-state index contributed by atoms with van der Waals surface area (Å²) in [4.78, 5) is 24.8. The summed E-state index contributed by atoms with van der Waals surface area (Å²) >= 11 is 1.03. The third-order valence-electron chi connectivity index (χ3n) is 3.64. The van der Waals surface area contributed by atoms with E-state index in [0.717, 1.165) is 44.0 Å². The molecule has 2 amide bonds. The van der Waals surface area contributed by atoms with E-state index in [1.165, 1.54) is 6.08 Å². The van der Waals surface area contributed by atoms with Crippen molar-refractivity contribution in [2.75, 3.05) is 13.7 Å². The number of thioether (sulfide) groups is 1. The number of methoxy groups -OCH3 is 1. The lowest BCUT2D eigenvalue weighted by atomic mass is 10.0. The van der Waals surface area contributed by atoms with Crippen LogP contribution in [-0.2, 0) is 4.79 Å². The van der Waals surface area contributed by atoms with Gasteiger partial charge in [0.05, 0.1) is 7.11 Å². The fourth-order valence-corrected chi connectivity index (χ4v) is 3.02. The SMILES string of the molecule is C=CCN(C=O)C(=O)S/C(C)=C\c1ccc(-c2ccc(OC)cc2)cc1. The molecule has 0 bridgehead atoms. The maximum Gasteiger partial charge on any atom is 0.292 e. The van der Waals surface area contributed by atoms with Crippen LogP contribution in [-0.4, -0.2) is 30.2 Å². The number of carbonyl (C=O) groups is 2. The third-order valence-corrected chi connectivity index (χ3v) is 4.49. The predicted molar refractivity (Wildman–Crippen MR) is 108 cm³/mol. The van der Waals surface area contributed by atoms with Gasteiger partial charge in [0.25, 0.3) is 5.24 Å². The number of hydrogen-bond donors (Lipinski definition) is 0. The Morgan fingerprint density at radius 2 is 1.69 bits per heavy atom. The number of hydrogen-bond acceptors (Lipinski definition) is 4. The van der Waals surface area contributed by atoms with Crippen molar-refractivity contribution < 1.29 is 14.3 Å². The Labute approximate surface area is 158 Å². The van der Waals surface area contributed by atoms with Crippen LogP contribution in [0.2, 0.25) is 0 Å². The molecular weight excluding hydrogens is 346 g/mol. The number of rotatable bonds is 7. The van der Waals surface area contributed by atoms with Gasteiger partial charge in [0.15, 0.2) is 0 Å². The molecule has 5 heteroatoms. The van der Waals surface area contributed by atoms with E-state index in [-0.39, 0.29) is 11.8 Å². The molecule has 0 aliphatic carbocycles. The largest absolute Gasteiger partial charge is 0.497 e. The van der Waals surface area contributed by atoms with Crippen molar-refractivity contribution in [3.8, 4) is 16.9 Å². The van der Waals surface area contributed by atoms with E-state index in [0.29, 0.717) is 6.41 Å². The maximum atomic E-state index is 12.0. The second-order valence-electron chi connectivity index (χ2n) is 5.52. The summed E-state index contributed by atoms with van der Waals surface area (Å²) in [6, 6.07) is 15.9. The lowest BCUT2D eigenvalue weighted by Gasteiger charge is -2.12. The van der Waals surface area contributed by atoms with E-state index in [2.05, 4.69) is 6.58 Å². The lowest BCUT2D eigenvalue weighted by Crippen LogP contribution is -2.25. The highest BCUT2D eigenvalue weighted by Crippen LogP contribution is 2.25. The number of carbonyl (C=O) groups excluding carboxylic acids is 2. The van der Waals surface area contributed by atoms with E-state index >= 15 is 0 Å². The Balaban J connectivity index is 2.07. The van der Waals surface area contributed by atoms with Crippen LogP contribution in [0.1, 0.15) is 12.5 Å². The summed E-state index contributed by atoms with van der Waals surface area (Å²) in [5.74, 6) is 0.825. The fraction of sp³-hybridized carbons (Fsp3) is 0.143. The van der Waals surface area contributed by atoms with E-state index in [1.54, 1.807) is 7.11 Å². The summed E-state index contributed by atoms with van der Waals surface area (Å²) in [6.07, 6.45) is 3.95. The average molecular weight is 367 g/mol. The van der Waals surface area contributed by atoms with Gasteiger partial charge in [-0.15, -0.1) is 6.58 Å². The molecule has 0 unspecified atom stereocenters. The molecule has 0 aliphatic rings. The highest BCUT2D eigenvalue weighted by molar-refractivity contribution is 8.16. The number of ether oxygens (including phenoxy) is 1. The van der Waals surface area contributed by atoms with Crippen LogP contribution in [0.15, 0.2) is 66.1 Å². The molecule has 0 N–H and O–H groups in total. The van der Waals surface area contributed by atoms with E-state index in [9.17, 15) is 9.59 Å². The molecule has 0 heterocycles. The van der Waals surface area contributed by atoms with E-state index < -0.39 is 0 Å². The van der Waals surface area contributed by atoms with Crippen LogP contribution in [0.3, 0.4) is 0 Å². The first kappa shape index (κ1) is 19.5. The molecule has 2 rings (SSSR count). The Bertz CT molecular complexity index is 795. The van der Waals surface area contributed by atoms with Crippen LogP contribution in [0.5, 0.6) is 5.75 Å². The topological polar surface area (TPSA) is 46.6 Å². The zero-order valence-electron chi connectivity index (χ0n) is 14.8. The standard InChI is InChI=1S/C21H21NO3S/c1-4-13-22(15-23)21(24)26-16(2)14-17-5-7-18(8-6-17)19-9-11-20(25-3)12-10-19/h4-12,14-15H,1,13H2,2-3H3/b16-14-. The van der Waals surface area contributed by atoms with Crippen LogP contribution < -0.4 is 4.74 Å². The summed E-state index contributed by atoms with van der Waals surface area (Å²) < 4.78 is 5.17. The Morgan fingerprint density at radius 1 is 1.12 bits per heavy atom. The van der Waals surface area contributed by atoms with Gasteiger partial charge in [-0.1, -0.05) is 42.5 Å². The van der Waals surface area contributed by atoms with Gasteiger partial charge in [-0.3, -0.25) is 14.5 Å². The van der Waals surface area contributed by atoms with Gasteiger partial charge >= 0.3 is 0 Å². The summed E-state index contributed by atoms with van der Waals surface area (Å²) in [7, 11) is 1.65. The highest BCUT2D eigenvalue weighted by atomic mass is 32.2. The molecule has 0 atom stereocenters. The molecule has 0 aliphatic heterocycles. The van der Waals surface area contributed by atoms with Crippen molar-refractivity contribution in [1.82, 2.24) is 4.90 Å². The number of nitrogens with zero attached hydrogens (tertiary/aromatic N) is 1. The fourth-order valence-electron chi connectivity index (χ4n) is 2.32. The van der Waals surface area contributed by atoms with Crippen molar-refractivity contribution in [2.24, 2.45) is 0 Å². The molecule has 2 aromatic rings. The van der Waals surface area contributed by atoms with Gasteiger partial charge in [0.2, 0.25) is 6.41 Å². The van der Waals surface area contributed by atoms with Gasteiger partial charge in [-0.25, -0.2) is 0 Å². The smallest absolute Gasteiger partial charge is 0.292 e. The van der Waals surface area contributed by atoms with Crippen molar-refractivity contribution in [1.29, 1.82) is 0 Å². The van der Waals surface area contributed by atoms with Crippen molar-refractivity contribution in [2.45, 2.75) is 6.92 Å². The Kier molecular flexibility index (Phi) is 7.24. The predicted octanol–water partition coefficient (Wildman–Crippen LogP) is 5.22. The molecule has 0 saturated carbocycles.